The van der Waals surface area contributed by atoms with E-state index < -0.39 is 0 Å². The van der Waals surface area contributed by atoms with Gasteiger partial charge in [-0.2, -0.15) is 0 Å². The molecule has 1 heterocycles. The van der Waals surface area contributed by atoms with E-state index in [-0.39, 0.29) is 17.2 Å². The molecule has 96 valence electrons. The van der Waals surface area contributed by atoms with Gasteiger partial charge in [0, 0.05) is 12.8 Å². The lowest BCUT2D eigenvalue weighted by molar-refractivity contribution is -0.139. The minimum atomic E-state index is -0.0736. The van der Waals surface area contributed by atoms with Crippen molar-refractivity contribution in [2.24, 2.45) is 16.7 Å². The highest BCUT2D eigenvalue weighted by Gasteiger charge is 2.43. The first-order valence-corrected chi connectivity index (χ1v) is 6.63. The molecule has 0 aromatic rings. The fraction of sp³-hybridized carbons (Fsp3) is 0.857. The quantitative estimate of drug-likeness (QED) is 0.658. The van der Waals surface area contributed by atoms with Crippen molar-refractivity contribution in [2.45, 2.75) is 59.3 Å². The first-order valence-electron chi connectivity index (χ1n) is 6.63. The zero-order chi connectivity index (χ0) is 12.7. The molecule has 0 aromatic heterocycles. The van der Waals surface area contributed by atoms with Gasteiger partial charge in [-0.3, -0.25) is 14.9 Å². The van der Waals surface area contributed by atoms with E-state index >= 15 is 0 Å². The number of amides is 2. The molecule has 2 amide bonds. The fourth-order valence-electron chi connectivity index (χ4n) is 3.44. The lowest BCUT2D eigenvalue weighted by Crippen LogP contribution is -2.46. The highest BCUT2D eigenvalue weighted by molar-refractivity contribution is 5.98. The average molecular weight is 237 g/mol. The standard InChI is InChI=1S/C14H23NO2/c1-13(2,3)10-4-6-14(7-5-10)8-11(16)15-12(17)9-14/h10H,4-9H2,1-3H3,(H,15,16,17). The SMILES string of the molecule is CC(C)(C)C1CCC2(CC1)CC(=O)NC(=O)C2. The van der Waals surface area contributed by atoms with Crippen LogP contribution in [0.15, 0.2) is 0 Å². The Hall–Kier alpha value is -0.860. The van der Waals surface area contributed by atoms with E-state index in [9.17, 15) is 9.59 Å². The smallest absolute Gasteiger partial charge is 0.227 e. The second-order valence-electron chi connectivity index (χ2n) is 6.97. The molecule has 1 aliphatic carbocycles. The van der Waals surface area contributed by atoms with Crippen LogP contribution in [-0.4, -0.2) is 11.8 Å². The van der Waals surface area contributed by atoms with Crippen LogP contribution >= 0.6 is 0 Å². The Morgan fingerprint density at radius 3 is 1.94 bits per heavy atom. The van der Waals surface area contributed by atoms with E-state index in [4.69, 9.17) is 0 Å². The maximum Gasteiger partial charge on any atom is 0.227 e. The third kappa shape index (κ3) is 2.70. The first kappa shape index (κ1) is 12.6. The number of rotatable bonds is 0. The molecule has 1 spiro atoms. The number of carbonyl (C=O) groups is 2. The van der Waals surface area contributed by atoms with Crippen LogP contribution in [0.1, 0.15) is 59.3 Å². The van der Waals surface area contributed by atoms with Crippen molar-refractivity contribution < 1.29 is 9.59 Å². The molecule has 0 radical (unpaired) electrons. The summed E-state index contributed by atoms with van der Waals surface area (Å²) in [5, 5.41) is 2.41. The van der Waals surface area contributed by atoms with Gasteiger partial charge in [-0.1, -0.05) is 20.8 Å². The Kier molecular flexibility index (Phi) is 3.04. The van der Waals surface area contributed by atoms with Crippen LogP contribution in [0, 0.1) is 16.7 Å². The normalized spacial score (nSPS) is 26.1. The first-order chi connectivity index (χ1) is 7.81. The maximum atomic E-state index is 11.5. The van der Waals surface area contributed by atoms with E-state index in [0.717, 1.165) is 31.6 Å². The van der Waals surface area contributed by atoms with Gasteiger partial charge in [-0.15, -0.1) is 0 Å². The summed E-state index contributed by atoms with van der Waals surface area (Å²) in [4.78, 5) is 23.0. The van der Waals surface area contributed by atoms with Crippen LogP contribution in [-0.2, 0) is 9.59 Å². The zero-order valence-electron chi connectivity index (χ0n) is 11.1. The van der Waals surface area contributed by atoms with Crippen LogP contribution in [0.25, 0.3) is 0 Å². The van der Waals surface area contributed by atoms with Crippen molar-refractivity contribution in [3.8, 4) is 0 Å². The van der Waals surface area contributed by atoms with E-state index in [1.54, 1.807) is 0 Å². The van der Waals surface area contributed by atoms with E-state index in [2.05, 4.69) is 26.1 Å². The number of hydrogen-bond acceptors (Lipinski definition) is 2. The van der Waals surface area contributed by atoms with Crippen molar-refractivity contribution in [3.05, 3.63) is 0 Å². The summed E-state index contributed by atoms with van der Waals surface area (Å²) in [6, 6.07) is 0. The fourth-order valence-corrected chi connectivity index (χ4v) is 3.44. The lowest BCUT2D eigenvalue weighted by atomic mass is 9.61. The monoisotopic (exact) mass is 237 g/mol. The molecular formula is C14H23NO2. The Labute approximate surface area is 103 Å². The van der Waals surface area contributed by atoms with Crippen molar-refractivity contribution in [1.29, 1.82) is 0 Å². The highest BCUT2D eigenvalue weighted by atomic mass is 16.2. The Morgan fingerprint density at radius 1 is 1.06 bits per heavy atom. The third-order valence-corrected chi connectivity index (χ3v) is 4.62. The lowest BCUT2D eigenvalue weighted by Gasteiger charge is -2.45. The maximum absolute atomic E-state index is 11.5. The molecule has 17 heavy (non-hydrogen) atoms. The van der Waals surface area contributed by atoms with Gasteiger partial charge in [0.25, 0.3) is 0 Å². The second-order valence-corrected chi connectivity index (χ2v) is 6.97. The van der Waals surface area contributed by atoms with Crippen LogP contribution in [0.2, 0.25) is 0 Å². The van der Waals surface area contributed by atoms with E-state index in [1.165, 1.54) is 0 Å². The van der Waals surface area contributed by atoms with Gasteiger partial charge in [0.2, 0.25) is 11.8 Å². The molecular weight excluding hydrogens is 214 g/mol. The molecule has 1 saturated carbocycles. The number of carbonyl (C=O) groups excluding carboxylic acids is 2. The highest BCUT2D eigenvalue weighted by Crippen LogP contribution is 2.49. The van der Waals surface area contributed by atoms with Crippen LogP contribution in [0.5, 0.6) is 0 Å². The van der Waals surface area contributed by atoms with Crippen molar-refractivity contribution >= 4 is 11.8 Å². The Morgan fingerprint density at radius 2 is 1.53 bits per heavy atom. The van der Waals surface area contributed by atoms with Crippen LogP contribution < -0.4 is 5.32 Å². The molecule has 0 aromatic carbocycles. The summed E-state index contributed by atoms with van der Waals surface area (Å²) in [6.45, 7) is 6.86. The van der Waals surface area contributed by atoms with Gasteiger partial charge in [0.05, 0.1) is 0 Å². The van der Waals surface area contributed by atoms with Crippen molar-refractivity contribution in [1.82, 2.24) is 5.32 Å². The predicted octanol–water partition coefficient (Wildman–Crippen LogP) is 2.65. The van der Waals surface area contributed by atoms with Gasteiger partial charge in [-0.05, 0) is 42.4 Å². The molecule has 3 heteroatoms. The summed E-state index contributed by atoms with van der Waals surface area (Å²) in [6.07, 6.45) is 5.49. The number of imide groups is 1. The number of piperidine rings is 1. The van der Waals surface area contributed by atoms with Gasteiger partial charge in [0.15, 0.2) is 0 Å². The van der Waals surface area contributed by atoms with Gasteiger partial charge >= 0.3 is 0 Å². The summed E-state index contributed by atoms with van der Waals surface area (Å²) < 4.78 is 0. The largest absolute Gasteiger partial charge is 0.296 e. The molecule has 2 fully saturated rings. The number of hydrogen-bond donors (Lipinski definition) is 1. The minimum Gasteiger partial charge on any atom is -0.296 e. The molecule has 0 unspecified atom stereocenters. The van der Waals surface area contributed by atoms with Crippen LogP contribution in [0.4, 0.5) is 0 Å². The minimum absolute atomic E-state index is 0.0127. The Bertz CT molecular complexity index is 315. The molecule has 2 rings (SSSR count). The molecule has 3 nitrogen and oxygen atoms in total. The summed E-state index contributed by atoms with van der Waals surface area (Å²) >= 11 is 0. The van der Waals surface area contributed by atoms with E-state index in [0.29, 0.717) is 18.3 Å². The molecule has 1 aliphatic heterocycles. The van der Waals surface area contributed by atoms with Crippen molar-refractivity contribution in [2.75, 3.05) is 0 Å². The predicted molar refractivity (Wildman–Crippen MR) is 66.2 cm³/mol. The van der Waals surface area contributed by atoms with Gasteiger partial charge < -0.3 is 0 Å². The van der Waals surface area contributed by atoms with E-state index in [1.807, 2.05) is 0 Å². The zero-order valence-corrected chi connectivity index (χ0v) is 11.1. The number of nitrogens with one attached hydrogen (secondary N) is 1. The average Bonchev–Trinajstić information content (AvgIpc) is 2.14. The summed E-state index contributed by atoms with van der Waals surface area (Å²) in [5.74, 6) is 0.583. The molecule has 1 saturated heterocycles. The van der Waals surface area contributed by atoms with Crippen molar-refractivity contribution in [3.63, 3.8) is 0 Å². The molecule has 1 N–H and O–H groups in total. The summed E-state index contributed by atoms with van der Waals surface area (Å²) in [5.41, 5.74) is 0.337. The van der Waals surface area contributed by atoms with Gasteiger partial charge in [0.1, 0.15) is 0 Å². The second kappa shape index (κ2) is 4.11. The van der Waals surface area contributed by atoms with Gasteiger partial charge in [-0.25, -0.2) is 0 Å². The summed E-state index contributed by atoms with van der Waals surface area (Å²) in [7, 11) is 0. The van der Waals surface area contributed by atoms with Crippen LogP contribution in [0.3, 0.4) is 0 Å². The Balaban J connectivity index is 2.02. The molecule has 0 atom stereocenters. The molecule has 0 bridgehead atoms. The molecule has 2 aliphatic rings. The third-order valence-electron chi connectivity index (χ3n) is 4.62. The topological polar surface area (TPSA) is 46.2 Å².